The number of hydrogen-bond donors (Lipinski definition) is 5. The highest BCUT2D eigenvalue weighted by atomic mass is 32.2. The number of nitrogens with one attached hydrogen (secondary N) is 3. The number of carbonyl (C=O) groups excluding carboxylic acids is 3. The number of carboxylic acids is 1. The molecule has 1 saturated heterocycles. The van der Waals surface area contributed by atoms with Crippen LogP contribution in [0.3, 0.4) is 0 Å². The van der Waals surface area contributed by atoms with Crippen LogP contribution in [0.2, 0.25) is 0 Å². The van der Waals surface area contributed by atoms with E-state index in [1.54, 1.807) is 47.5 Å². The van der Waals surface area contributed by atoms with Crippen LogP contribution in [0.5, 0.6) is 23.0 Å². The molecule has 1 atom stereocenters. The monoisotopic (exact) mass is 923 g/mol. The minimum atomic E-state index is -3.66. The van der Waals surface area contributed by atoms with Crippen LogP contribution in [0.25, 0.3) is 10.8 Å². The topological polar surface area (TPSA) is 232 Å². The zero-order chi connectivity index (χ0) is 47.8. The molecule has 6 N–H and O–H groups in total. The number of anilines is 3. The molecule has 1 aromatic heterocycles. The number of piperazine rings is 1. The third-order valence-electron chi connectivity index (χ3n) is 11.1. The van der Waals surface area contributed by atoms with Gasteiger partial charge in [-0.1, -0.05) is 51.1 Å². The van der Waals surface area contributed by atoms with Crippen LogP contribution in [0.1, 0.15) is 67.2 Å². The molecule has 0 saturated carbocycles. The lowest BCUT2D eigenvalue weighted by atomic mass is 9.86. The molecular formula is C48H57N7O10S. The Morgan fingerprint density at radius 3 is 2.21 bits per heavy atom. The lowest BCUT2D eigenvalue weighted by Crippen LogP contribution is -2.50. The van der Waals surface area contributed by atoms with Gasteiger partial charge in [-0.25, -0.2) is 13.2 Å². The zero-order valence-electron chi connectivity index (χ0n) is 38.0. The predicted octanol–water partition coefficient (Wildman–Crippen LogP) is 6.86. The van der Waals surface area contributed by atoms with E-state index in [0.717, 1.165) is 28.5 Å². The fourth-order valence-electron chi connectivity index (χ4n) is 7.65. The minimum Gasteiger partial charge on any atom is -0.496 e. The second kappa shape index (κ2) is 21.0. The van der Waals surface area contributed by atoms with Crippen LogP contribution in [0.4, 0.5) is 21.9 Å². The number of benzene rings is 4. The fraction of sp³-hybridized carbons (Fsp3) is 0.354. The number of hydrogen-bond acceptors (Lipinski definition) is 12. The van der Waals surface area contributed by atoms with Crippen molar-refractivity contribution in [3.8, 4) is 23.0 Å². The van der Waals surface area contributed by atoms with E-state index in [2.05, 4.69) is 25.2 Å². The summed E-state index contributed by atoms with van der Waals surface area (Å²) in [4.78, 5) is 58.7. The molecule has 0 unspecified atom stereocenters. The molecule has 3 amide bonds. The average molecular weight is 924 g/mol. The first-order valence-electron chi connectivity index (χ1n) is 21.4. The Labute approximate surface area is 384 Å². The molecular weight excluding hydrogens is 867 g/mol. The summed E-state index contributed by atoms with van der Waals surface area (Å²) in [7, 11) is -0.726. The lowest BCUT2D eigenvalue weighted by Gasteiger charge is -2.35. The molecule has 17 nitrogen and oxygen atoms in total. The lowest BCUT2D eigenvalue weighted by molar-refractivity contribution is -0.143. The molecule has 0 bridgehead atoms. The number of carbonyl (C=O) groups is 4. The van der Waals surface area contributed by atoms with Gasteiger partial charge in [0.1, 0.15) is 23.3 Å². The third-order valence-corrected chi connectivity index (χ3v) is 11.7. The maximum Gasteiger partial charge on any atom is 0.323 e. The molecule has 5 aromatic rings. The van der Waals surface area contributed by atoms with Gasteiger partial charge in [-0.2, -0.15) is 0 Å². The number of Topliss-reactive ketones (excluding diaryl/α,β-unsaturated/α-hetero) is 1. The van der Waals surface area contributed by atoms with E-state index in [1.807, 2.05) is 63.2 Å². The van der Waals surface area contributed by atoms with E-state index >= 15 is 0 Å². The highest BCUT2D eigenvalue weighted by Gasteiger charge is 2.26. The molecule has 6 rings (SSSR count). The number of nitrogens with two attached hydrogens (primary N) is 1. The van der Waals surface area contributed by atoms with Crippen LogP contribution in [0, 0.1) is 0 Å². The first-order chi connectivity index (χ1) is 31.3. The average Bonchev–Trinajstić information content (AvgIpc) is 3.26. The van der Waals surface area contributed by atoms with E-state index in [4.69, 9.17) is 25.1 Å². The minimum absolute atomic E-state index is 0.0401. The van der Waals surface area contributed by atoms with Crippen molar-refractivity contribution in [2.45, 2.75) is 57.9 Å². The number of urea groups is 1. The fourth-order valence-corrected chi connectivity index (χ4v) is 8.20. The molecule has 2 heterocycles. The molecule has 1 fully saturated rings. The standard InChI is InChI=1S/C48H57N7O10S/c1-48(2,3)31-26-39(45(64-5)40(27-31)53-66(6,61)62)52-47(60)51-38-15-16-42(35-11-8-7-10-34(35)38)65-33-17-18-50-32(28-33)24-30-13-14-36(43(25-30)63-4)41(56)12-9-19-54-20-22-55(23-21-54)44(57)29-37(49)46(58)59/h7-8,10-11,13-18,25-28,37,53H,9,12,19-24,29,49H2,1-6H3,(H,58,59)(H2,51,52,60)/t37-/m1/s1. The van der Waals surface area contributed by atoms with Crippen LogP contribution in [-0.4, -0.2) is 111 Å². The Hall–Kier alpha value is -6.76. The van der Waals surface area contributed by atoms with Crippen molar-refractivity contribution >= 4 is 61.5 Å². The van der Waals surface area contributed by atoms with Crippen molar-refractivity contribution < 1.29 is 46.9 Å². The highest BCUT2D eigenvalue weighted by Crippen LogP contribution is 2.40. The number of ketones is 1. The molecule has 0 spiro atoms. The molecule has 18 heteroatoms. The number of amides is 3. The summed E-state index contributed by atoms with van der Waals surface area (Å²) in [5.74, 6) is 0.211. The van der Waals surface area contributed by atoms with Gasteiger partial charge in [0.05, 0.1) is 49.5 Å². The van der Waals surface area contributed by atoms with E-state index in [0.29, 0.717) is 85.9 Å². The van der Waals surface area contributed by atoms with Crippen molar-refractivity contribution in [2.24, 2.45) is 5.73 Å². The normalized spacial score (nSPS) is 13.7. The Morgan fingerprint density at radius 2 is 1.55 bits per heavy atom. The van der Waals surface area contributed by atoms with Gasteiger partial charge in [0.25, 0.3) is 0 Å². The first kappa shape index (κ1) is 48.7. The van der Waals surface area contributed by atoms with E-state index in [1.165, 1.54) is 14.2 Å². The molecule has 1 aliphatic heterocycles. The Balaban J connectivity index is 1.08. The largest absolute Gasteiger partial charge is 0.496 e. The van der Waals surface area contributed by atoms with Crippen molar-refractivity contribution in [1.82, 2.24) is 14.8 Å². The van der Waals surface area contributed by atoms with Gasteiger partial charge in [0, 0.05) is 67.8 Å². The molecule has 66 heavy (non-hydrogen) atoms. The van der Waals surface area contributed by atoms with Crippen LogP contribution in [-0.2, 0) is 31.4 Å². The van der Waals surface area contributed by atoms with Crippen molar-refractivity contribution in [1.29, 1.82) is 0 Å². The zero-order valence-corrected chi connectivity index (χ0v) is 38.8. The summed E-state index contributed by atoms with van der Waals surface area (Å²) in [6, 6.07) is 21.7. The van der Waals surface area contributed by atoms with Gasteiger partial charge in [0.15, 0.2) is 11.5 Å². The number of aromatic nitrogens is 1. The van der Waals surface area contributed by atoms with Gasteiger partial charge >= 0.3 is 12.0 Å². The maximum absolute atomic E-state index is 13.6. The molecule has 0 radical (unpaired) electrons. The molecule has 0 aliphatic carbocycles. The van der Waals surface area contributed by atoms with Crippen molar-refractivity contribution in [3.63, 3.8) is 0 Å². The second-order valence-electron chi connectivity index (χ2n) is 17.2. The number of aliphatic carboxylic acids is 1. The quantitative estimate of drug-likeness (QED) is 0.0567. The van der Waals surface area contributed by atoms with Gasteiger partial charge in [-0.3, -0.25) is 29.0 Å². The summed E-state index contributed by atoms with van der Waals surface area (Å²) in [6.07, 6.45) is 3.86. The van der Waals surface area contributed by atoms with E-state index in [9.17, 15) is 27.6 Å². The van der Waals surface area contributed by atoms with Crippen LogP contribution in [0.15, 0.2) is 85.1 Å². The predicted molar refractivity (Wildman–Crippen MR) is 254 cm³/mol. The van der Waals surface area contributed by atoms with Gasteiger partial charge in [-0.05, 0) is 72.0 Å². The van der Waals surface area contributed by atoms with Gasteiger partial charge in [-0.15, -0.1) is 0 Å². The number of sulfonamides is 1. The third kappa shape index (κ3) is 12.7. The second-order valence-corrected chi connectivity index (χ2v) is 18.9. The van der Waals surface area contributed by atoms with E-state index in [-0.39, 0.29) is 40.7 Å². The number of nitrogens with zero attached hydrogens (tertiary/aromatic N) is 3. The summed E-state index contributed by atoms with van der Waals surface area (Å²) in [5, 5.41) is 16.2. The van der Waals surface area contributed by atoms with Gasteiger partial charge in [0.2, 0.25) is 15.9 Å². The Bertz CT molecular complexity index is 2710. The van der Waals surface area contributed by atoms with Crippen molar-refractivity contribution in [2.75, 3.05) is 68.6 Å². The smallest absolute Gasteiger partial charge is 0.323 e. The van der Waals surface area contributed by atoms with Crippen LogP contribution >= 0.6 is 0 Å². The Kier molecular flexibility index (Phi) is 15.5. The number of methoxy groups -OCH3 is 2. The molecule has 1 aliphatic rings. The number of ether oxygens (including phenoxy) is 3. The highest BCUT2D eigenvalue weighted by molar-refractivity contribution is 7.92. The number of pyridine rings is 1. The van der Waals surface area contributed by atoms with Gasteiger partial charge < -0.3 is 40.6 Å². The number of rotatable bonds is 18. The van der Waals surface area contributed by atoms with Crippen LogP contribution < -0.4 is 35.3 Å². The summed E-state index contributed by atoms with van der Waals surface area (Å²) in [5.41, 5.74) is 9.00. The number of fused-ring (bicyclic) bond motifs is 1. The Morgan fingerprint density at radius 1 is 0.848 bits per heavy atom. The molecule has 350 valence electrons. The SMILES string of the molecule is COc1cc(Cc2cc(Oc3ccc(NC(=O)Nc4cc(C(C)(C)C)cc(NS(C)(=O)=O)c4OC)c4ccccc34)ccn2)ccc1C(=O)CCCN1CCN(C(=O)C[C@@H](N)C(=O)O)CC1. The first-order valence-corrected chi connectivity index (χ1v) is 23.3. The maximum atomic E-state index is 13.6. The molecule has 4 aromatic carbocycles. The summed E-state index contributed by atoms with van der Waals surface area (Å²) >= 11 is 0. The summed E-state index contributed by atoms with van der Waals surface area (Å²) in [6.45, 7) is 8.83. The number of carboxylic acid groups (broad SMARTS) is 1. The van der Waals surface area contributed by atoms with E-state index < -0.39 is 28.1 Å². The summed E-state index contributed by atoms with van der Waals surface area (Å²) < 4.78 is 44.5. The van der Waals surface area contributed by atoms with Crippen molar-refractivity contribution in [3.05, 3.63) is 107 Å².